The molecular formula is C14H19ClN2O. The van der Waals surface area contributed by atoms with Crippen LogP contribution in [0.4, 0.5) is 5.69 Å². The van der Waals surface area contributed by atoms with Crippen LogP contribution in [-0.2, 0) is 0 Å². The van der Waals surface area contributed by atoms with Gasteiger partial charge in [-0.3, -0.25) is 0 Å². The molecule has 1 heterocycles. The normalized spacial score (nSPS) is 11.6. The van der Waals surface area contributed by atoms with Gasteiger partial charge in [0.15, 0.2) is 11.5 Å². The summed E-state index contributed by atoms with van der Waals surface area (Å²) in [6, 6.07) is 3.53. The van der Waals surface area contributed by atoms with Gasteiger partial charge in [0, 0.05) is 12.0 Å². The molecule has 0 atom stereocenters. The lowest BCUT2D eigenvalue weighted by Crippen LogP contribution is -1.98. The Balaban J connectivity index is 2.38. The van der Waals surface area contributed by atoms with Crippen molar-refractivity contribution < 1.29 is 4.42 Å². The number of nitrogen functional groups attached to an aromatic ring is 1. The zero-order chi connectivity index (χ0) is 13.1. The topological polar surface area (TPSA) is 52.0 Å². The Bertz CT molecular complexity index is 491. The van der Waals surface area contributed by atoms with Crippen molar-refractivity contribution >= 4 is 28.4 Å². The van der Waals surface area contributed by atoms with E-state index in [2.05, 4.69) is 18.8 Å². The summed E-state index contributed by atoms with van der Waals surface area (Å²) < 4.78 is 5.82. The second kappa shape index (κ2) is 5.61. The van der Waals surface area contributed by atoms with Crippen LogP contribution in [0.15, 0.2) is 16.5 Å². The van der Waals surface area contributed by atoms with E-state index < -0.39 is 0 Å². The number of rotatable bonds is 5. The third-order valence-electron chi connectivity index (χ3n) is 3.15. The van der Waals surface area contributed by atoms with Gasteiger partial charge in [-0.15, -0.1) is 0 Å². The molecule has 0 aliphatic carbocycles. The van der Waals surface area contributed by atoms with E-state index in [9.17, 15) is 0 Å². The smallest absolute Gasteiger partial charge is 0.198 e. The Morgan fingerprint density at radius 1 is 1.28 bits per heavy atom. The first-order valence-corrected chi connectivity index (χ1v) is 6.89. The molecule has 18 heavy (non-hydrogen) atoms. The van der Waals surface area contributed by atoms with E-state index >= 15 is 0 Å². The van der Waals surface area contributed by atoms with Crippen LogP contribution < -0.4 is 5.73 Å². The first kappa shape index (κ1) is 13.2. The van der Waals surface area contributed by atoms with E-state index in [1.54, 1.807) is 12.1 Å². The minimum absolute atomic E-state index is 0.396. The maximum absolute atomic E-state index is 5.99. The van der Waals surface area contributed by atoms with E-state index in [0.717, 1.165) is 42.7 Å². The molecule has 2 aromatic rings. The molecule has 0 amide bonds. The number of hydrogen-bond acceptors (Lipinski definition) is 3. The second-order valence-electron chi connectivity index (χ2n) is 4.67. The molecule has 1 aromatic heterocycles. The average molecular weight is 267 g/mol. The molecule has 3 nitrogen and oxygen atoms in total. The zero-order valence-corrected chi connectivity index (χ0v) is 11.6. The summed E-state index contributed by atoms with van der Waals surface area (Å²) >= 11 is 5.99. The number of hydrogen-bond donors (Lipinski definition) is 1. The molecule has 0 spiro atoms. The predicted octanol–water partition coefficient (Wildman–Crippen LogP) is 4.75. The van der Waals surface area contributed by atoms with Gasteiger partial charge in [-0.2, -0.15) is 0 Å². The van der Waals surface area contributed by atoms with E-state index in [1.807, 2.05) is 0 Å². The van der Waals surface area contributed by atoms with Gasteiger partial charge in [0.05, 0.1) is 10.7 Å². The second-order valence-corrected chi connectivity index (χ2v) is 5.08. The molecule has 0 fully saturated rings. The predicted molar refractivity (Wildman–Crippen MR) is 76.0 cm³/mol. The molecule has 0 saturated carbocycles. The van der Waals surface area contributed by atoms with Gasteiger partial charge in [-0.25, -0.2) is 4.98 Å². The molecule has 2 rings (SSSR count). The van der Waals surface area contributed by atoms with Crippen LogP contribution >= 0.6 is 11.6 Å². The first-order valence-electron chi connectivity index (χ1n) is 6.51. The Morgan fingerprint density at radius 2 is 1.94 bits per heavy atom. The van der Waals surface area contributed by atoms with Gasteiger partial charge in [-0.05, 0) is 18.9 Å². The van der Waals surface area contributed by atoms with E-state index in [4.69, 9.17) is 21.8 Å². The fourth-order valence-corrected chi connectivity index (χ4v) is 2.40. The lowest BCUT2D eigenvalue weighted by Gasteiger charge is -2.09. The van der Waals surface area contributed by atoms with E-state index in [1.165, 1.54) is 0 Å². The van der Waals surface area contributed by atoms with Crippen LogP contribution in [0.3, 0.4) is 0 Å². The Kier molecular flexibility index (Phi) is 4.12. The summed E-state index contributed by atoms with van der Waals surface area (Å²) in [6.45, 7) is 4.36. The maximum Gasteiger partial charge on any atom is 0.198 e. The van der Waals surface area contributed by atoms with Crippen molar-refractivity contribution in [3.63, 3.8) is 0 Å². The Morgan fingerprint density at radius 3 is 2.56 bits per heavy atom. The average Bonchev–Trinajstić information content (AvgIpc) is 2.72. The molecule has 98 valence electrons. The molecule has 4 heteroatoms. The largest absolute Gasteiger partial charge is 0.440 e. The van der Waals surface area contributed by atoms with Crippen LogP contribution in [0.2, 0.25) is 5.02 Å². The highest BCUT2D eigenvalue weighted by molar-refractivity contribution is 6.33. The van der Waals surface area contributed by atoms with Crippen molar-refractivity contribution in [3.05, 3.63) is 23.0 Å². The summed E-state index contributed by atoms with van der Waals surface area (Å²) in [5.74, 6) is 1.21. The van der Waals surface area contributed by atoms with Crippen LogP contribution in [0.5, 0.6) is 0 Å². The number of anilines is 1. The minimum atomic E-state index is 0.396. The van der Waals surface area contributed by atoms with Crippen LogP contribution in [-0.4, -0.2) is 4.98 Å². The molecule has 0 radical (unpaired) electrons. The third kappa shape index (κ3) is 2.61. The van der Waals surface area contributed by atoms with E-state index in [0.29, 0.717) is 16.6 Å². The summed E-state index contributed by atoms with van der Waals surface area (Å²) in [5, 5.41) is 0.532. The number of nitrogens with zero attached hydrogens (tertiary/aromatic N) is 1. The number of benzene rings is 1. The monoisotopic (exact) mass is 266 g/mol. The summed E-state index contributed by atoms with van der Waals surface area (Å²) in [5.41, 5.74) is 7.82. The van der Waals surface area contributed by atoms with Gasteiger partial charge < -0.3 is 10.2 Å². The maximum atomic E-state index is 5.99. The highest BCUT2D eigenvalue weighted by Gasteiger charge is 2.17. The van der Waals surface area contributed by atoms with Crippen molar-refractivity contribution in [2.45, 2.75) is 45.4 Å². The zero-order valence-electron chi connectivity index (χ0n) is 10.9. The summed E-state index contributed by atoms with van der Waals surface area (Å²) in [4.78, 5) is 4.55. The molecular weight excluding hydrogens is 248 g/mol. The highest BCUT2D eigenvalue weighted by Crippen LogP contribution is 2.31. The van der Waals surface area contributed by atoms with Gasteiger partial charge in [0.1, 0.15) is 5.52 Å². The number of aromatic nitrogens is 1. The first-order chi connectivity index (χ1) is 8.65. The van der Waals surface area contributed by atoms with Crippen molar-refractivity contribution in [2.75, 3.05) is 5.73 Å². The number of nitrogens with two attached hydrogens (primary N) is 1. The fourth-order valence-electron chi connectivity index (χ4n) is 2.24. The van der Waals surface area contributed by atoms with Crippen molar-refractivity contribution in [2.24, 2.45) is 0 Å². The van der Waals surface area contributed by atoms with Gasteiger partial charge >= 0.3 is 0 Å². The molecule has 0 aliphatic rings. The van der Waals surface area contributed by atoms with E-state index in [-0.39, 0.29) is 0 Å². The van der Waals surface area contributed by atoms with Crippen molar-refractivity contribution in [1.29, 1.82) is 0 Å². The summed E-state index contributed by atoms with van der Waals surface area (Å²) in [6.07, 6.45) is 4.46. The van der Waals surface area contributed by atoms with Gasteiger partial charge in [-0.1, -0.05) is 38.3 Å². The molecule has 0 aliphatic heterocycles. The third-order valence-corrected chi connectivity index (χ3v) is 3.47. The Hall–Kier alpha value is -1.22. The molecule has 2 N–H and O–H groups in total. The lowest BCUT2D eigenvalue weighted by molar-refractivity contribution is 0.428. The van der Waals surface area contributed by atoms with Crippen LogP contribution in [0, 0.1) is 0 Å². The molecule has 0 unspecified atom stereocenters. The number of fused-ring (bicyclic) bond motifs is 1. The van der Waals surface area contributed by atoms with Crippen LogP contribution in [0.25, 0.3) is 11.1 Å². The van der Waals surface area contributed by atoms with Crippen molar-refractivity contribution in [1.82, 2.24) is 4.98 Å². The quantitative estimate of drug-likeness (QED) is 0.795. The number of oxazole rings is 1. The molecule has 0 bridgehead atoms. The number of halogens is 1. The SMILES string of the molecule is CCCC(CCC)c1nc2cc(Cl)c(N)cc2o1. The van der Waals surface area contributed by atoms with Crippen molar-refractivity contribution in [3.8, 4) is 0 Å². The standard InChI is InChI=1S/C14H19ClN2O/c1-3-5-9(6-4-2)14-17-12-7-10(15)11(16)8-13(12)18-14/h7-9H,3-6,16H2,1-2H3. The lowest BCUT2D eigenvalue weighted by atomic mass is 9.98. The van der Waals surface area contributed by atoms with Gasteiger partial charge in [0.2, 0.25) is 0 Å². The Labute approximate surface area is 112 Å². The molecule has 0 saturated heterocycles. The summed E-state index contributed by atoms with van der Waals surface area (Å²) in [7, 11) is 0. The minimum Gasteiger partial charge on any atom is -0.440 e. The van der Waals surface area contributed by atoms with Gasteiger partial charge in [0.25, 0.3) is 0 Å². The molecule has 1 aromatic carbocycles. The van der Waals surface area contributed by atoms with Crippen LogP contribution in [0.1, 0.15) is 51.3 Å². The highest BCUT2D eigenvalue weighted by atomic mass is 35.5. The fraction of sp³-hybridized carbons (Fsp3) is 0.500.